The van der Waals surface area contributed by atoms with Crippen molar-refractivity contribution < 1.29 is 48.7 Å². The van der Waals surface area contributed by atoms with Crippen LogP contribution in [0.5, 0.6) is 0 Å². The number of alkyl halides is 9. The second-order valence-corrected chi connectivity index (χ2v) is 13.5. The van der Waals surface area contributed by atoms with Crippen LogP contribution in [0, 0.1) is 0 Å². The topological polar surface area (TPSA) is 27.7 Å². The molecule has 0 aromatic heterocycles. The average Bonchev–Trinajstić information content (AvgIpc) is 2.32. The van der Waals surface area contributed by atoms with Crippen molar-refractivity contribution in [2.45, 2.75) is 76.9 Å². The molecular formula is C14H21F9O3Sn. The molecule has 0 aromatic rings. The first-order valence-corrected chi connectivity index (χ1v) is 12.5. The monoisotopic (exact) mass is 528 g/mol. The molecule has 0 amide bonds. The van der Waals surface area contributed by atoms with Gasteiger partial charge in [-0.15, -0.1) is 0 Å². The maximum atomic E-state index is 13.2. The molecule has 0 N–H and O–H groups in total. The van der Waals surface area contributed by atoms with Crippen LogP contribution in [0.3, 0.4) is 0 Å². The molecule has 0 aromatic carbocycles. The summed E-state index contributed by atoms with van der Waals surface area (Å²) in [7, 11) is 0. The zero-order chi connectivity index (χ0) is 22.3. The van der Waals surface area contributed by atoms with Crippen LogP contribution in [0.1, 0.15) is 41.5 Å². The number of rotatable bonds is 7. The van der Waals surface area contributed by atoms with Crippen LogP contribution in [-0.2, 0) is 9.22 Å². The molecule has 0 fully saturated rings. The first-order valence-electron chi connectivity index (χ1n) is 7.37. The number of hydrogen-bond acceptors (Lipinski definition) is 3. The average molecular weight is 527 g/mol. The molecule has 0 atom stereocenters. The van der Waals surface area contributed by atoms with Gasteiger partial charge in [0.15, 0.2) is 0 Å². The van der Waals surface area contributed by atoms with E-state index < -0.39 is 55.0 Å². The SMILES string of the molecule is C=[CH][Sn]([O]C(C)(C)C(F)(F)F)([O]C(C)(C)C(F)(F)F)[O]C(C)(C)C(F)(F)F. The molecule has 0 rings (SSSR count). The van der Waals surface area contributed by atoms with Crippen molar-refractivity contribution in [2.75, 3.05) is 0 Å². The molecule has 0 heterocycles. The van der Waals surface area contributed by atoms with Crippen LogP contribution < -0.4 is 0 Å². The Hall–Kier alpha value is -0.211. The summed E-state index contributed by atoms with van der Waals surface area (Å²) in [5.41, 5.74) is -9.46. The van der Waals surface area contributed by atoms with Gasteiger partial charge in [-0.3, -0.25) is 0 Å². The molecule has 0 saturated heterocycles. The first-order chi connectivity index (χ1) is 11.4. The molecular weight excluding hydrogens is 506 g/mol. The normalized spacial score (nSPS) is 15.8. The summed E-state index contributed by atoms with van der Waals surface area (Å²) in [6.07, 6.45) is -15.4. The summed E-state index contributed by atoms with van der Waals surface area (Å²) >= 11 is -6.36. The van der Waals surface area contributed by atoms with Gasteiger partial charge in [0.2, 0.25) is 0 Å². The summed E-state index contributed by atoms with van der Waals surface area (Å²) in [6.45, 7) is 5.69. The van der Waals surface area contributed by atoms with Gasteiger partial charge in [-0.1, -0.05) is 0 Å². The fraction of sp³-hybridized carbons (Fsp3) is 0.857. The van der Waals surface area contributed by atoms with Crippen molar-refractivity contribution in [1.29, 1.82) is 0 Å². The van der Waals surface area contributed by atoms with Crippen molar-refractivity contribution >= 4 is 19.6 Å². The molecule has 13 heteroatoms. The Morgan fingerprint density at radius 3 is 0.852 bits per heavy atom. The van der Waals surface area contributed by atoms with Gasteiger partial charge >= 0.3 is 156 Å². The predicted molar refractivity (Wildman–Crippen MR) is 79.6 cm³/mol. The third kappa shape index (κ3) is 6.39. The molecule has 0 aliphatic rings. The number of hydrogen-bond donors (Lipinski definition) is 0. The minimum atomic E-state index is -6.36. The van der Waals surface area contributed by atoms with Crippen LogP contribution >= 0.6 is 0 Å². The molecule has 3 nitrogen and oxygen atoms in total. The molecule has 0 radical (unpaired) electrons. The Morgan fingerprint density at radius 1 is 0.556 bits per heavy atom. The zero-order valence-corrected chi connectivity index (χ0v) is 18.3. The van der Waals surface area contributed by atoms with Crippen LogP contribution in [0.4, 0.5) is 39.5 Å². The van der Waals surface area contributed by atoms with E-state index in [4.69, 9.17) is 9.22 Å². The summed E-state index contributed by atoms with van der Waals surface area (Å²) in [5.74, 6) is 0. The van der Waals surface area contributed by atoms with Crippen molar-refractivity contribution in [3.8, 4) is 0 Å². The molecule has 27 heavy (non-hydrogen) atoms. The Labute approximate surface area is 156 Å². The molecule has 0 aliphatic heterocycles. The van der Waals surface area contributed by atoms with Crippen LogP contribution in [0.15, 0.2) is 10.7 Å². The van der Waals surface area contributed by atoms with E-state index in [2.05, 4.69) is 6.58 Å². The summed E-state index contributed by atoms with van der Waals surface area (Å²) < 4.78 is 133. The second-order valence-electron chi connectivity index (χ2n) is 7.14. The van der Waals surface area contributed by atoms with Gasteiger partial charge in [0, 0.05) is 0 Å². The Kier molecular flexibility index (Phi) is 7.50. The molecule has 0 bridgehead atoms. The van der Waals surface area contributed by atoms with Crippen LogP contribution in [-0.4, -0.2) is 55.0 Å². The molecule has 0 unspecified atom stereocenters. The third-order valence-corrected chi connectivity index (χ3v) is 11.7. The van der Waals surface area contributed by atoms with Gasteiger partial charge in [0.05, 0.1) is 0 Å². The van der Waals surface area contributed by atoms with Gasteiger partial charge in [-0.05, 0) is 0 Å². The molecule has 162 valence electrons. The van der Waals surface area contributed by atoms with Crippen LogP contribution in [0.25, 0.3) is 0 Å². The van der Waals surface area contributed by atoms with Crippen molar-refractivity contribution in [3.05, 3.63) is 10.7 Å². The van der Waals surface area contributed by atoms with Gasteiger partial charge in [0.1, 0.15) is 0 Å². The molecule has 0 saturated carbocycles. The van der Waals surface area contributed by atoms with Crippen molar-refractivity contribution in [1.82, 2.24) is 0 Å². The van der Waals surface area contributed by atoms with E-state index in [9.17, 15) is 39.5 Å². The van der Waals surface area contributed by atoms with Gasteiger partial charge in [0.25, 0.3) is 0 Å². The predicted octanol–water partition coefficient (Wildman–Crippen LogP) is 5.72. The van der Waals surface area contributed by atoms with Gasteiger partial charge in [-0.25, -0.2) is 0 Å². The van der Waals surface area contributed by atoms with Gasteiger partial charge < -0.3 is 0 Å². The summed E-state index contributed by atoms with van der Waals surface area (Å²) in [4.78, 5) is 0. The van der Waals surface area contributed by atoms with Crippen molar-refractivity contribution in [3.63, 3.8) is 0 Å². The van der Waals surface area contributed by atoms with E-state index in [1.54, 1.807) is 0 Å². The quantitative estimate of drug-likeness (QED) is 0.313. The first kappa shape index (κ1) is 26.8. The Balaban J connectivity index is 6.33. The second kappa shape index (κ2) is 7.56. The van der Waals surface area contributed by atoms with E-state index in [1.807, 2.05) is 0 Å². The number of halogens is 9. The van der Waals surface area contributed by atoms with E-state index >= 15 is 0 Å². The third-order valence-electron chi connectivity index (χ3n) is 3.49. The summed E-state index contributed by atoms with van der Waals surface area (Å²) in [5, 5.41) is 0. The van der Waals surface area contributed by atoms with Gasteiger partial charge in [-0.2, -0.15) is 0 Å². The van der Waals surface area contributed by atoms with Crippen molar-refractivity contribution in [2.24, 2.45) is 0 Å². The van der Waals surface area contributed by atoms with E-state index in [-0.39, 0.29) is 0 Å². The fourth-order valence-electron chi connectivity index (χ4n) is 1.43. The van der Waals surface area contributed by atoms with E-state index in [0.717, 1.165) is 0 Å². The van der Waals surface area contributed by atoms with E-state index in [0.29, 0.717) is 45.6 Å². The standard InChI is InChI=1S/3C4H6F3O.C2H3.Sn/c3*1-3(2,8)4(5,6)7;1-2;/h3*1-2H3;1H,2H2;/q3*-1;;+3. The van der Waals surface area contributed by atoms with E-state index in [1.165, 1.54) is 0 Å². The summed E-state index contributed by atoms with van der Waals surface area (Å²) in [6, 6.07) is 0. The maximum absolute atomic E-state index is 13.2. The molecule has 0 aliphatic carbocycles. The Morgan fingerprint density at radius 2 is 0.741 bits per heavy atom. The van der Waals surface area contributed by atoms with Crippen LogP contribution in [0.2, 0.25) is 0 Å². The zero-order valence-electron chi connectivity index (χ0n) is 15.4. The Bertz CT molecular complexity index is 464. The molecule has 0 spiro atoms. The minimum absolute atomic E-state index is 0.378. The fourth-order valence-corrected chi connectivity index (χ4v) is 9.58.